The summed E-state index contributed by atoms with van der Waals surface area (Å²) in [4.78, 5) is 2.45. The molecule has 1 aliphatic rings. The minimum absolute atomic E-state index is 0.479. The summed E-state index contributed by atoms with van der Waals surface area (Å²) in [5, 5.41) is 0.767. The molecule has 0 unspecified atom stereocenters. The van der Waals surface area contributed by atoms with Crippen molar-refractivity contribution in [3.8, 4) is 0 Å². The van der Waals surface area contributed by atoms with Gasteiger partial charge in [0.05, 0.1) is 0 Å². The third-order valence-electron chi connectivity index (χ3n) is 3.79. The van der Waals surface area contributed by atoms with Crippen LogP contribution in [0, 0.1) is 0 Å². The predicted octanol–water partition coefficient (Wildman–Crippen LogP) is 3.97. The molecule has 0 saturated heterocycles. The summed E-state index contributed by atoms with van der Waals surface area (Å²) in [5.74, 6) is 0. The molecular weight excluding hydrogens is 268 g/mol. The van der Waals surface area contributed by atoms with Gasteiger partial charge in [0, 0.05) is 35.4 Å². The Morgan fingerprint density at radius 3 is 2.45 bits per heavy atom. The van der Waals surface area contributed by atoms with Gasteiger partial charge in [0.1, 0.15) is 0 Å². The highest BCUT2D eigenvalue weighted by atomic mass is 35.5. The maximum Gasteiger partial charge on any atom is 0.0471 e. The quantitative estimate of drug-likeness (QED) is 0.901. The standard InChI is InChI=1S/C17H19ClN2/c18-16-7-4-8-17(15(16)11-19)20(14-9-10-14)12-13-5-2-1-3-6-13/h1-8,14H,9-12,19H2. The maximum atomic E-state index is 6.30. The number of hydrogen-bond acceptors (Lipinski definition) is 2. The molecular formula is C17H19ClN2. The van der Waals surface area contributed by atoms with E-state index in [1.807, 2.05) is 12.1 Å². The normalized spacial score (nSPS) is 14.3. The lowest BCUT2D eigenvalue weighted by molar-refractivity contribution is 0.786. The van der Waals surface area contributed by atoms with Crippen molar-refractivity contribution in [2.75, 3.05) is 4.90 Å². The Labute approximate surface area is 125 Å². The van der Waals surface area contributed by atoms with Gasteiger partial charge in [-0.2, -0.15) is 0 Å². The fourth-order valence-electron chi connectivity index (χ4n) is 2.60. The zero-order chi connectivity index (χ0) is 13.9. The van der Waals surface area contributed by atoms with Crippen LogP contribution in [-0.2, 0) is 13.1 Å². The molecule has 0 atom stereocenters. The van der Waals surface area contributed by atoms with Crippen LogP contribution < -0.4 is 10.6 Å². The topological polar surface area (TPSA) is 29.3 Å². The summed E-state index contributed by atoms with van der Waals surface area (Å²) < 4.78 is 0. The van der Waals surface area contributed by atoms with Crippen molar-refractivity contribution in [2.45, 2.75) is 32.0 Å². The van der Waals surface area contributed by atoms with Crippen molar-refractivity contribution in [3.05, 3.63) is 64.7 Å². The lowest BCUT2D eigenvalue weighted by Crippen LogP contribution is -2.26. The van der Waals surface area contributed by atoms with E-state index >= 15 is 0 Å². The van der Waals surface area contributed by atoms with Gasteiger partial charge >= 0.3 is 0 Å². The van der Waals surface area contributed by atoms with E-state index in [4.69, 9.17) is 17.3 Å². The van der Waals surface area contributed by atoms with Crippen molar-refractivity contribution >= 4 is 17.3 Å². The van der Waals surface area contributed by atoms with Gasteiger partial charge < -0.3 is 10.6 Å². The van der Waals surface area contributed by atoms with Gasteiger partial charge in [-0.25, -0.2) is 0 Å². The Morgan fingerprint density at radius 1 is 1.05 bits per heavy atom. The van der Waals surface area contributed by atoms with Crippen LogP contribution in [0.2, 0.25) is 5.02 Å². The fraction of sp³-hybridized carbons (Fsp3) is 0.294. The molecule has 2 nitrogen and oxygen atoms in total. The molecule has 0 spiro atoms. The van der Waals surface area contributed by atoms with E-state index in [9.17, 15) is 0 Å². The predicted molar refractivity (Wildman–Crippen MR) is 85.0 cm³/mol. The summed E-state index contributed by atoms with van der Waals surface area (Å²) >= 11 is 6.30. The second-order valence-electron chi connectivity index (χ2n) is 5.29. The highest BCUT2D eigenvalue weighted by molar-refractivity contribution is 6.31. The number of halogens is 1. The molecule has 0 aromatic heterocycles. The van der Waals surface area contributed by atoms with E-state index in [0.29, 0.717) is 12.6 Å². The Morgan fingerprint density at radius 2 is 1.80 bits per heavy atom. The molecule has 20 heavy (non-hydrogen) atoms. The Hall–Kier alpha value is -1.51. The molecule has 3 heteroatoms. The third kappa shape index (κ3) is 2.82. The second kappa shape index (κ2) is 5.86. The van der Waals surface area contributed by atoms with Gasteiger partial charge in [0.2, 0.25) is 0 Å². The molecule has 3 rings (SSSR count). The molecule has 1 fully saturated rings. The van der Waals surface area contributed by atoms with Gasteiger partial charge in [0.25, 0.3) is 0 Å². The van der Waals surface area contributed by atoms with Gasteiger partial charge in [-0.15, -0.1) is 0 Å². The van der Waals surface area contributed by atoms with Crippen LogP contribution in [-0.4, -0.2) is 6.04 Å². The van der Waals surface area contributed by atoms with Crippen LogP contribution >= 0.6 is 11.6 Å². The van der Waals surface area contributed by atoms with Crippen molar-refractivity contribution in [1.29, 1.82) is 0 Å². The van der Waals surface area contributed by atoms with E-state index in [1.54, 1.807) is 0 Å². The molecule has 0 amide bonds. The zero-order valence-electron chi connectivity index (χ0n) is 11.4. The SMILES string of the molecule is NCc1c(Cl)cccc1N(Cc1ccccc1)C1CC1. The Balaban J connectivity index is 1.93. The molecule has 0 bridgehead atoms. The number of nitrogens with two attached hydrogens (primary N) is 1. The highest BCUT2D eigenvalue weighted by Gasteiger charge is 2.30. The lowest BCUT2D eigenvalue weighted by Gasteiger charge is -2.27. The van der Waals surface area contributed by atoms with E-state index in [1.165, 1.54) is 24.1 Å². The van der Waals surface area contributed by atoms with Crippen LogP contribution in [0.25, 0.3) is 0 Å². The Bertz CT molecular complexity index is 579. The van der Waals surface area contributed by atoms with Crippen molar-refractivity contribution < 1.29 is 0 Å². The minimum Gasteiger partial charge on any atom is -0.364 e. The summed E-state index contributed by atoms with van der Waals surface area (Å²) in [6.45, 7) is 1.39. The first kappa shape index (κ1) is 13.5. The zero-order valence-corrected chi connectivity index (χ0v) is 12.2. The minimum atomic E-state index is 0.479. The summed E-state index contributed by atoms with van der Waals surface area (Å²) in [6.07, 6.45) is 2.51. The van der Waals surface area contributed by atoms with Crippen molar-refractivity contribution in [2.24, 2.45) is 5.73 Å². The van der Waals surface area contributed by atoms with E-state index in [2.05, 4.69) is 41.3 Å². The number of benzene rings is 2. The molecule has 2 N–H and O–H groups in total. The molecule has 104 valence electrons. The number of rotatable bonds is 5. The van der Waals surface area contributed by atoms with Crippen LogP contribution in [0.4, 0.5) is 5.69 Å². The lowest BCUT2D eigenvalue weighted by atomic mass is 10.1. The monoisotopic (exact) mass is 286 g/mol. The molecule has 0 aliphatic heterocycles. The molecule has 0 radical (unpaired) electrons. The third-order valence-corrected chi connectivity index (χ3v) is 4.15. The van der Waals surface area contributed by atoms with Gasteiger partial charge in [0.15, 0.2) is 0 Å². The number of hydrogen-bond donors (Lipinski definition) is 1. The summed E-state index contributed by atoms with van der Waals surface area (Å²) in [6, 6.07) is 17.2. The first-order chi connectivity index (χ1) is 9.79. The van der Waals surface area contributed by atoms with Gasteiger partial charge in [-0.1, -0.05) is 48.0 Å². The average molecular weight is 287 g/mol. The van der Waals surface area contributed by atoms with Crippen molar-refractivity contribution in [1.82, 2.24) is 0 Å². The van der Waals surface area contributed by atoms with Crippen LogP contribution in [0.5, 0.6) is 0 Å². The Kier molecular flexibility index (Phi) is 3.95. The number of nitrogens with zero attached hydrogens (tertiary/aromatic N) is 1. The highest BCUT2D eigenvalue weighted by Crippen LogP contribution is 2.36. The van der Waals surface area contributed by atoms with Gasteiger partial charge in [-0.05, 0) is 30.5 Å². The maximum absolute atomic E-state index is 6.30. The summed E-state index contributed by atoms with van der Waals surface area (Å²) in [7, 11) is 0. The van der Waals surface area contributed by atoms with Crippen LogP contribution in [0.15, 0.2) is 48.5 Å². The van der Waals surface area contributed by atoms with Crippen LogP contribution in [0.1, 0.15) is 24.0 Å². The van der Waals surface area contributed by atoms with E-state index in [0.717, 1.165) is 17.1 Å². The first-order valence-electron chi connectivity index (χ1n) is 7.07. The average Bonchev–Trinajstić information content (AvgIpc) is 3.30. The van der Waals surface area contributed by atoms with E-state index in [-0.39, 0.29) is 0 Å². The van der Waals surface area contributed by atoms with Crippen molar-refractivity contribution in [3.63, 3.8) is 0 Å². The summed E-state index contributed by atoms with van der Waals surface area (Å²) in [5.41, 5.74) is 9.45. The van der Waals surface area contributed by atoms with Gasteiger partial charge in [-0.3, -0.25) is 0 Å². The largest absolute Gasteiger partial charge is 0.364 e. The smallest absolute Gasteiger partial charge is 0.0471 e. The van der Waals surface area contributed by atoms with Crippen LogP contribution in [0.3, 0.4) is 0 Å². The fourth-order valence-corrected chi connectivity index (χ4v) is 2.84. The first-order valence-corrected chi connectivity index (χ1v) is 7.45. The molecule has 2 aromatic rings. The van der Waals surface area contributed by atoms with E-state index < -0.39 is 0 Å². The second-order valence-corrected chi connectivity index (χ2v) is 5.69. The molecule has 1 aliphatic carbocycles. The molecule has 1 saturated carbocycles. The molecule has 0 heterocycles. The number of anilines is 1. The molecule has 2 aromatic carbocycles.